The van der Waals surface area contributed by atoms with Crippen molar-refractivity contribution in [1.29, 1.82) is 0 Å². The average molecular weight is 295 g/mol. The second-order valence-electron chi connectivity index (χ2n) is 3.88. The van der Waals surface area contributed by atoms with Crippen LogP contribution in [0.5, 0.6) is 0 Å². The van der Waals surface area contributed by atoms with Crippen molar-refractivity contribution in [2.24, 2.45) is 5.73 Å². The fourth-order valence-corrected chi connectivity index (χ4v) is 2.13. The van der Waals surface area contributed by atoms with Crippen LogP contribution < -0.4 is 5.73 Å². The molecular formula is C13H12BrFN2. The third-order valence-electron chi connectivity index (χ3n) is 2.69. The number of hydrogen-bond donors (Lipinski definition) is 1. The largest absolute Gasteiger partial charge is 0.320 e. The summed E-state index contributed by atoms with van der Waals surface area (Å²) in [6, 6.07) is 6.12. The lowest BCUT2D eigenvalue weighted by atomic mass is 9.97. The van der Waals surface area contributed by atoms with Crippen LogP contribution in [0.25, 0.3) is 0 Å². The lowest BCUT2D eigenvalue weighted by Crippen LogP contribution is -2.15. The first kappa shape index (κ1) is 12.2. The highest BCUT2D eigenvalue weighted by Crippen LogP contribution is 2.26. The molecule has 2 N–H and O–H groups in total. The Morgan fingerprint density at radius 3 is 2.76 bits per heavy atom. The molecule has 0 aliphatic heterocycles. The summed E-state index contributed by atoms with van der Waals surface area (Å²) < 4.78 is 14.5. The predicted octanol–water partition coefficient (Wildman–Crippen LogP) is 3.34. The van der Waals surface area contributed by atoms with E-state index in [0.717, 1.165) is 15.6 Å². The Hall–Kier alpha value is -1.26. The Kier molecular flexibility index (Phi) is 3.54. The molecule has 1 atom stereocenters. The number of rotatable bonds is 2. The van der Waals surface area contributed by atoms with Gasteiger partial charge in [0, 0.05) is 22.4 Å². The first-order valence-corrected chi connectivity index (χ1v) is 6.00. The van der Waals surface area contributed by atoms with Gasteiger partial charge in [-0.15, -0.1) is 0 Å². The van der Waals surface area contributed by atoms with Crippen molar-refractivity contribution >= 4 is 15.9 Å². The minimum absolute atomic E-state index is 0.295. The van der Waals surface area contributed by atoms with Gasteiger partial charge in [0.25, 0.3) is 0 Å². The summed E-state index contributed by atoms with van der Waals surface area (Å²) in [6.45, 7) is 1.91. The lowest BCUT2D eigenvalue weighted by Gasteiger charge is -2.15. The van der Waals surface area contributed by atoms with Gasteiger partial charge in [0.2, 0.25) is 0 Å². The minimum atomic E-state index is -0.476. The van der Waals surface area contributed by atoms with Crippen LogP contribution in [0.2, 0.25) is 0 Å². The highest BCUT2D eigenvalue weighted by molar-refractivity contribution is 9.10. The third kappa shape index (κ3) is 2.53. The summed E-state index contributed by atoms with van der Waals surface area (Å²) in [5.41, 5.74) is 8.42. The zero-order valence-corrected chi connectivity index (χ0v) is 10.9. The molecule has 0 saturated carbocycles. The zero-order valence-electron chi connectivity index (χ0n) is 9.32. The maximum Gasteiger partial charge on any atom is 0.128 e. The molecule has 0 spiro atoms. The Labute approximate surface area is 108 Å². The van der Waals surface area contributed by atoms with Crippen molar-refractivity contribution < 1.29 is 4.39 Å². The molecule has 1 heterocycles. The number of benzene rings is 1. The van der Waals surface area contributed by atoms with Crippen molar-refractivity contribution in [3.8, 4) is 0 Å². The SMILES string of the molecule is Cc1cnccc1C(N)c1cc(Br)ccc1F. The number of nitrogens with zero attached hydrogens (tertiary/aromatic N) is 1. The van der Waals surface area contributed by atoms with E-state index in [1.54, 1.807) is 24.5 Å². The minimum Gasteiger partial charge on any atom is -0.320 e. The maximum absolute atomic E-state index is 13.7. The summed E-state index contributed by atoms with van der Waals surface area (Å²) in [5.74, 6) is -0.295. The molecule has 0 saturated heterocycles. The molecule has 17 heavy (non-hydrogen) atoms. The predicted molar refractivity (Wildman–Crippen MR) is 69.1 cm³/mol. The molecule has 0 aliphatic rings. The summed E-state index contributed by atoms with van der Waals surface area (Å²) in [7, 11) is 0. The standard InChI is InChI=1S/C13H12BrFN2/c1-8-7-17-5-4-10(8)13(16)11-6-9(14)2-3-12(11)15/h2-7,13H,16H2,1H3. The Balaban J connectivity index is 2.47. The average Bonchev–Trinajstić information content (AvgIpc) is 2.32. The summed E-state index contributed by atoms with van der Waals surface area (Å²) >= 11 is 3.32. The van der Waals surface area contributed by atoms with E-state index in [1.165, 1.54) is 6.07 Å². The quantitative estimate of drug-likeness (QED) is 0.923. The molecular weight excluding hydrogens is 283 g/mol. The summed E-state index contributed by atoms with van der Waals surface area (Å²) in [4.78, 5) is 4.00. The number of hydrogen-bond acceptors (Lipinski definition) is 2. The number of aromatic nitrogens is 1. The van der Waals surface area contributed by atoms with E-state index in [1.807, 2.05) is 13.0 Å². The van der Waals surface area contributed by atoms with E-state index in [-0.39, 0.29) is 5.82 Å². The first-order chi connectivity index (χ1) is 8.09. The van der Waals surface area contributed by atoms with Crippen LogP contribution in [0.4, 0.5) is 4.39 Å². The molecule has 0 bridgehead atoms. The lowest BCUT2D eigenvalue weighted by molar-refractivity contribution is 0.598. The van der Waals surface area contributed by atoms with Crippen molar-refractivity contribution in [1.82, 2.24) is 4.98 Å². The second-order valence-corrected chi connectivity index (χ2v) is 4.79. The van der Waals surface area contributed by atoms with Gasteiger partial charge in [-0.2, -0.15) is 0 Å². The molecule has 2 rings (SSSR count). The summed E-state index contributed by atoms with van der Waals surface area (Å²) in [6.07, 6.45) is 3.39. The highest BCUT2D eigenvalue weighted by Gasteiger charge is 2.15. The van der Waals surface area contributed by atoms with Crippen LogP contribution in [0.1, 0.15) is 22.7 Å². The van der Waals surface area contributed by atoms with Gasteiger partial charge in [-0.1, -0.05) is 15.9 Å². The van der Waals surface area contributed by atoms with Gasteiger partial charge in [0.1, 0.15) is 5.82 Å². The molecule has 1 aromatic carbocycles. The van der Waals surface area contributed by atoms with Crippen LogP contribution in [0.3, 0.4) is 0 Å². The van der Waals surface area contributed by atoms with Crippen molar-refractivity contribution in [2.45, 2.75) is 13.0 Å². The molecule has 2 nitrogen and oxygen atoms in total. The van der Waals surface area contributed by atoms with Gasteiger partial charge < -0.3 is 5.73 Å². The number of nitrogens with two attached hydrogens (primary N) is 1. The maximum atomic E-state index is 13.7. The first-order valence-electron chi connectivity index (χ1n) is 5.20. The Morgan fingerprint density at radius 2 is 2.06 bits per heavy atom. The van der Waals surface area contributed by atoms with Crippen LogP contribution in [0.15, 0.2) is 41.1 Å². The van der Waals surface area contributed by atoms with Crippen molar-refractivity contribution in [2.75, 3.05) is 0 Å². The third-order valence-corrected chi connectivity index (χ3v) is 3.19. The Morgan fingerprint density at radius 1 is 1.29 bits per heavy atom. The van der Waals surface area contributed by atoms with E-state index < -0.39 is 6.04 Å². The molecule has 0 aliphatic carbocycles. The fourth-order valence-electron chi connectivity index (χ4n) is 1.75. The number of halogens is 2. The Bertz CT molecular complexity index is 543. The van der Waals surface area contributed by atoms with Crippen LogP contribution in [-0.4, -0.2) is 4.98 Å². The smallest absolute Gasteiger partial charge is 0.128 e. The van der Waals surface area contributed by atoms with E-state index in [9.17, 15) is 4.39 Å². The van der Waals surface area contributed by atoms with Gasteiger partial charge in [0.05, 0.1) is 6.04 Å². The second kappa shape index (κ2) is 4.94. The van der Waals surface area contributed by atoms with E-state index in [4.69, 9.17) is 5.73 Å². The molecule has 88 valence electrons. The van der Waals surface area contributed by atoms with E-state index in [0.29, 0.717) is 5.56 Å². The van der Waals surface area contributed by atoms with E-state index in [2.05, 4.69) is 20.9 Å². The molecule has 4 heteroatoms. The van der Waals surface area contributed by atoms with Crippen molar-refractivity contribution in [3.63, 3.8) is 0 Å². The van der Waals surface area contributed by atoms with Gasteiger partial charge in [0.15, 0.2) is 0 Å². The highest BCUT2D eigenvalue weighted by atomic mass is 79.9. The number of aryl methyl sites for hydroxylation is 1. The van der Waals surface area contributed by atoms with E-state index >= 15 is 0 Å². The van der Waals surface area contributed by atoms with Gasteiger partial charge in [-0.05, 0) is 42.3 Å². The van der Waals surface area contributed by atoms with Gasteiger partial charge in [-0.25, -0.2) is 4.39 Å². The molecule has 0 radical (unpaired) electrons. The van der Waals surface area contributed by atoms with Crippen LogP contribution in [-0.2, 0) is 0 Å². The number of pyridine rings is 1. The topological polar surface area (TPSA) is 38.9 Å². The summed E-state index contributed by atoms with van der Waals surface area (Å²) in [5, 5.41) is 0. The molecule has 1 aromatic heterocycles. The zero-order chi connectivity index (χ0) is 12.4. The normalized spacial score (nSPS) is 12.5. The fraction of sp³-hybridized carbons (Fsp3) is 0.154. The molecule has 2 aromatic rings. The monoisotopic (exact) mass is 294 g/mol. The van der Waals surface area contributed by atoms with Crippen LogP contribution >= 0.6 is 15.9 Å². The van der Waals surface area contributed by atoms with Gasteiger partial charge >= 0.3 is 0 Å². The van der Waals surface area contributed by atoms with Gasteiger partial charge in [-0.3, -0.25) is 4.98 Å². The van der Waals surface area contributed by atoms with Crippen molar-refractivity contribution in [3.05, 3.63) is 63.6 Å². The van der Waals surface area contributed by atoms with Crippen LogP contribution in [0, 0.1) is 12.7 Å². The molecule has 0 fully saturated rings. The molecule has 0 amide bonds. The molecule has 1 unspecified atom stereocenters.